The Kier molecular flexibility index (Phi) is 1.24. The van der Waals surface area contributed by atoms with Crippen LogP contribution in [0.25, 0.3) is 0 Å². The molecule has 3 atom stereocenters. The van der Waals surface area contributed by atoms with Gasteiger partial charge >= 0.3 is 0 Å². The van der Waals surface area contributed by atoms with E-state index in [2.05, 4.69) is 4.90 Å². The predicted octanol–water partition coefficient (Wildman–Crippen LogP) is 0.0729. The summed E-state index contributed by atoms with van der Waals surface area (Å²) in [5.74, 6) is 0.610. The van der Waals surface area contributed by atoms with E-state index >= 15 is 0 Å². The molecule has 0 aromatic heterocycles. The highest BCUT2D eigenvalue weighted by atomic mass is 16.3. The third-order valence-electron chi connectivity index (χ3n) is 2.53. The van der Waals surface area contributed by atoms with Crippen LogP contribution < -0.4 is 0 Å². The number of nitrogens with zero attached hydrogens (tertiary/aromatic N) is 1. The number of hydrogen-bond acceptors (Lipinski definition) is 2. The van der Waals surface area contributed by atoms with Crippen molar-refractivity contribution in [2.24, 2.45) is 5.92 Å². The smallest absolute Gasteiger partial charge is 0.0707 e. The zero-order valence-corrected chi connectivity index (χ0v) is 5.58. The van der Waals surface area contributed by atoms with Crippen LogP contribution in [0.5, 0.6) is 0 Å². The lowest BCUT2D eigenvalue weighted by molar-refractivity contribution is 0.144. The minimum atomic E-state index is -0.00694. The molecule has 0 aliphatic carbocycles. The summed E-state index contributed by atoms with van der Waals surface area (Å²) in [5, 5.41) is 9.36. The minimum Gasteiger partial charge on any atom is -0.391 e. The maximum Gasteiger partial charge on any atom is 0.0707 e. The van der Waals surface area contributed by atoms with Gasteiger partial charge in [-0.05, 0) is 25.3 Å². The largest absolute Gasteiger partial charge is 0.391 e. The van der Waals surface area contributed by atoms with E-state index in [1.165, 1.54) is 19.4 Å². The average molecular weight is 127 g/mol. The van der Waals surface area contributed by atoms with Crippen LogP contribution in [0.3, 0.4) is 0 Å². The van der Waals surface area contributed by atoms with E-state index in [0.717, 1.165) is 13.1 Å². The molecular formula is C7H13NO. The van der Waals surface area contributed by atoms with Crippen molar-refractivity contribution in [1.29, 1.82) is 0 Å². The van der Waals surface area contributed by atoms with E-state index in [-0.39, 0.29) is 6.10 Å². The van der Waals surface area contributed by atoms with Crippen LogP contribution in [0.15, 0.2) is 0 Å². The van der Waals surface area contributed by atoms with E-state index in [4.69, 9.17) is 0 Å². The highest BCUT2D eigenvalue weighted by Crippen LogP contribution is 2.26. The van der Waals surface area contributed by atoms with Crippen LogP contribution in [-0.2, 0) is 0 Å². The van der Waals surface area contributed by atoms with Gasteiger partial charge in [0.15, 0.2) is 0 Å². The van der Waals surface area contributed by atoms with Crippen molar-refractivity contribution < 1.29 is 5.11 Å². The summed E-state index contributed by atoms with van der Waals surface area (Å²) in [6.07, 6.45) is 2.53. The molecular weight excluding hydrogens is 114 g/mol. The molecule has 0 radical (unpaired) electrons. The molecule has 2 saturated heterocycles. The molecule has 2 nitrogen and oxygen atoms in total. The van der Waals surface area contributed by atoms with Crippen LogP contribution in [-0.4, -0.2) is 35.7 Å². The first-order valence-electron chi connectivity index (χ1n) is 3.76. The number of aliphatic hydroxyl groups is 1. The first-order chi connectivity index (χ1) is 4.36. The Morgan fingerprint density at radius 3 is 2.89 bits per heavy atom. The van der Waals surface area contributed by atoms with Crippen molar-refractivity contribution in [2.45, 2.75) is 18.9 Å². The second-order valence-corrected chi connectivity index (χ2v) is 3.23. The Labute approximate surface area is 55.5 Å². The van der Waals surface area contributed by atoms with Gasteiger partial charge in [0.05, 0.1) is 6.10 Å². The highest BCUT2D eigenvalue weighted by molar-refractivity contribution is 4.87. The molecule has 2 aliphatic rings. The monoisotopic (exact) mass is 127 g/mol. The Bertz CT molecular complexity index is 113. The quantitative estimate of drug-likeness (QED) is 0.498. The van der Waals surface area contributed by atoms with Crippen LogP contribution in [0, 0.1) is 5.92 Å². The summed E-state index contributed by atoms with van der Waals surface area (Å²) in [7, 11) is 0. The third kappa shape index (κ3) is 0.864. The standard InChI is InChI=1S/C7H13NO/c9-7-5-8-3-1-2-6(7)4-8/h6-7,9H,1-5H2/t6-,7+/m1/s1. The summed E-state index contributed by atoms with van der Waals surface area (Å²) < 4.78 is 0. The molecule has 0 aromatic rings. The summed E-state index contributed by atoms with van der Waals surface area (Å²) in [6.45, 7) is 3.30. The summed E-state index contributed by atoms with van der Waals surface area (Å²) in [5.41, 5.74) is 0. The van der Waals surface area contributed by atoms with E-state index in [1.807, 2.05) is 0 Å². The van der Waals surface area contributed by atoms with E-state index in [9.17, 15) is 5.11 Å². The van der Waals surface area contributed by atoms with Crippen molar-refractivity contribution in [3.05, 3.63) is 0 Å². The molecule has 0 spiro atoms. The molecule has 1 unspecified atom stereocenters. The molecule has 2 rings (SSSR count). The molecule has 2 heteroatoms. The zero-order valence-electron chi connectivity index (χ0n) is 5.58. The van der Waals surface area contributed by atoms with Gasteiger partial charge in [-0.25, -0.2) is 0 Å². The van der Waals surface area contributed by atoms with Crippen molar-refractivity contribution in [2.75, 3.05) is 19.6 Å². The van der Waals surface area contributed by atoms with Crippen molar-refractivity contribution in [3.8, 4) is 0 Å². The minimum absolute atomic E-state index is 0.00694. The van der Waals surface area contributed by atoms with Crippen LogP contribution in [0.4, 0.5) is 0 Å². The van der Waals surface area contributed by atoms with E-state index in [0.29, 0.717) is 5.92 Å². The molecule has 0 amide bonds. The summed E-state index contributed by atoms with van der Waals surface area (Å²) >= 11 is 0. The predicted molar refractivity (Wildman–Crippen MR) is 35.2 cm³/mol. The topological polar surface area (TPSA) is 23.5 Å². The second-order valence-electron chi connectivity index (χ2n) is 3.23. The first-order valence-corrected chi connectivity index (χ1v) is 3.76. The number of aliphatic hydroxyl groups excluding tert-OH is 1. The van der Waals surface area contributed by atoms with Gasteiger partial charge in [-0.2, -0.15) is 0 Å². The van der Waals surface area contributed by atoms with Crippen molar-refractivity contribution in [1.82, 2.24) is 4.90 Å². The van der Waals surface area contributed by atoms with E-state index < -0.39 is 0 Å². The fourth-order valence-electron chi connectivity index (χ4n) is 1.98. The van der Waals surface area contributed by atoms with E-state index in [1.54, 1.807) is 0 Å². The highest BCUT2D eigenvalue weighted by Gasteiger charge is 2.33. The van der Waals surface area contributed by atoms with Crippen LogP contribution >= 0.6 is 0 Å². The van der Waals surface area contributed by atoms with Gasteiger partial charge in [0, 0.05) is 13.1 Å². The molecule has 2 heterocycles. The Hall–Kier alpha value is -0.0800. The van der Waals surface area contributed by atoms with Gasteiger partial charge in [-0.15, -0.1) is 0 Å². The lowest BCUT2D eigenvalue weighted by Crippen LogP contribution is -2.25. The van der Waals surface area contributed by atoms with Gasteiger partial charge in [0.25, 0.3) is 0 Å². The van der Waals surface area contributed by atoms with Gasteiger partial charge in [0.1, 0.15) is 0 Å². The van der Waals surface area contributed by atoms with Gasteiger partial charge in [0.2, 0.25) is 0 Å². The van der Waals surface area contributed by atoms with Gasteiger partial charge in [-0.1, -0.05) is 0 Å². The molecule has 0 saturated carbocycles. The Balaban J connectivity index is 2.07. The Morgan fingerprint density at radius 2 is 2.22 bits per heavy atom. The third-order valence-corrected chi connectivity index (χ3v) is 2.53. The molecule has 2 aliphatic heterocycles. The van der Waals surface area contributed by atoms with Crippen molar-refractivity contribution >= 4 is 0 Å². The fourth-order valence-corrected chi connectivity index (χ4v) is 1.98. The number of rotatable bonds is 0. The molecule has 0 aromatic carbocycles. The molecule has 52 valence electrons. The van der Waals surface area contributed by atoms with Gasteiger partial charge < -0.3 is 10.0 Å². The maximum atomic E-state index is 9.36. The molecule has 1 N–H and O–H groups in total. The summed E-state index contributed by atoms with van der Waals surface area (Å²) in [6, 6.07) is 0. The zero-order chi connectivity index (χ0) is 6.27. The Morgan fingerprint density at radius 1 is 1.33 bits per heavy atom. The lowest BCUT2D eigenvalue weighted by atomic mass is 9.99. The fraction of sp³-hybridized carbons (Fsp3) is 1.00. The molecule has 2 bridgehead atoms. The van der Waals surface area contributed by atoms with Crippen LogP contribution in [0.2, 0.25) is 0 Å². The summed E-state index contributed by atoms with van der Waals surface area (Å²) in [4.78, 5) is 2.36. The first kappa shape index (κ1) is 5.69. The lowest BCUT2D eigenvalue weighted by Gasteiger charge is -2.20. The molecule has 9 heavy (non-hydrogen) atoms. The normalized spacial score (nSPS) is 49.7. The average Bonchev–Trinajstić information content (AvgIpc) is 2.09. The SMILES string of the molecule is O[C@H]1CN2CCC[C@@H]1C2. The maximum absolute atomic E-state index is 9.36. The number of hydrogen-bond donors (Lipinski definition) is 1. The van der Waals surface area contributed by atoms with Crippen molar-refractivity contribution in [3.63, 3.8) is 0 Å². The van der Waals surface area contributed by atoms with Gasteiger partial charge in [-0.3, -0.25) is 0 Å². The molecule has 2 fully saturated rings. The van der Waals surface area contributed by atoms with Crippen LogP contribution in [0.1, 0.15) is 12.8 Å². The number of fused-ring (bicyclic) bond motifs is 2. The second kappa shape index (κ2) is 1.96. The number of piperidine rings is 1.